The molecule has 0 spiro atoms. The van der Waals surface area contributed by atoms with Crippen molar-refractivity contribution in [2.45, 2.75) is 25.7 Å². The molecule has 1 aromatic carbocycles. The molecule has 2 aromatic heterocycles. The molecule has 3 N–H and O–H groups in total. The number of aryl methyl sites for hydroxylation is 1. The Kier molecular flexibility index (Phi) is 2.88. The van der Waals surface area contributed by atoms with Gasteiger partial charge in [0.05, 0.1) is 11.0 Å². The molecule has 8 nitrogen and oxygen atoms in total. The summed E-state index contributed by atoms with van der Waals surface area (Å²) in [7, 11) is 0. The highest BCUT2D eigenvalue weighted by molar-refractivity contribution is 5.79. The first kappa shape index (κ1) is 12.9. The van der Waals surface area contributed by atoms with Crippen LogP contribution in [0.1, 0.15) is 23.4 Å². The van der Waals surface area contributed by atoms with Crippen LogP contribution in [0.15, 0.2) is 21.7 Å². The highest BCUT2D eigenvalue weighted by Gasteiger charge is 2.24. The number of aromatic amines is 3. The average molecular weight is 298 g/mol. The Labute approximate surface area is 124 Å². The highest BCUT2D eigenvalue weighted by Crippen LogP contribution is 2.32. The lowest BCUT2D eigenvalue weighted by Crippen LogP contribution is -2.29. The van der Waals surface area contributed by atoms with Crippen LogP contribution in [0.5, 0.6) is 0 Å². The summed E-state index contributed by atoms with van der Waals surface area (Å²) in [5, 5.41) is 13.8. The molecule has 1 aliphatic carbocycles. The number of aromatic nitrogens is 6. The van der Waals surface area contributed by atoms with Crippen LogP contribution in [0.4, 0.5) is 0 Å². The fourth-order valence-electron chi connectivity index (χ4n) is 3.21. The number of fused-ring (bicyclic) bond motifs is 3. The minimum atomic E-state index is -0.611. The van der Waals surface area contributed by atoms with Crippen LogP contribution in [0.2, 0.25) is 0 Å². The largest absolute Gasteiger partial charge is 0.316 e. The first-order valence-corrected chi connectivity index (χ1v) is 7.20. The van der Waals surface area contributed by atoms with E-state index in [-0.39, 0.29) is 0 Å². The quantitative estimate of drug-likeness (QED) is 0.591. The van der Waals surface area contributed by atoms with Crippen molar-refractivity contribution in [2.24, 2.45) is 5.92 Å². The lowest BCUT2D eigenvalue weighted by molar-refractivity contribution is 0.507. The monoisotopic (exact) mass is 298 g/mol. The molecule has 2 heterocycles. The summed E-state index contributed by atoms with van der Waals surface area (Å²) in [5.74, 6) is 1.28. The summed E-state index contributed by atoms with van der Waals surface area (Å²) in [5.41, 5.74) is 2.59. The fraction of sp³-hybridized carbons (Fsp3) is 0.357. The van der Waals surface area contributed by atoms with Gasteiger partial charge in [0, 0.05) is 6.42 Å². The van der Waals surface area contributed by atoms with E-state index in [0.29, 0.717) is 11.4 Å². The van der Waals surface area contributed by atoms with Crippen molar-refractivity contribution in [2.75, 3.05) is 0 Å². The second-order valence-corrected chi connectivity index (χ2v) is 5.69. The second-order valence-electron chi connectivity index (χ2n) is 5.69. The second kappa shape index (κ2) is 4.90. The van der Waals surface area contributed by atoms with Crippen molar-refractivity contribution in [1.29, 1.82) is 0 Å². The van der Waals surface area contributed by atoms with Crippen molar-refractivity contribution in [3.63, 3.8) is 0 Å². The number of tetrazole rings is 1. The third kappa shape index (κ3) is 2.12. The molecular formula is C14H14N6O2. The van der Waals surface area contributed by atoms with Gasteiger partial charge >= 0.3 is 11.1 Å². The summed E-state index contributed by atoms with van der Waals surface area (Å²) >= 11 is 0. The molecule has 0 aliphatic heterocycles. The van der Waals surface area contributed by atoms with Gasteiger partial charge in [-0.05, 0) is 52.8 Å². The molecule has 0 fully saturated rings. The molecule has 22 heavy (non-hydrogen) atoms. The number of hydrogen-bond donors (Lipinski definition) is 3. The van der Waals surface area contributed by atoms with Gasteiger partial charge in [-0.25, -0.2) is 5.10 Å². The Bertz CT molecular complexity index is 940. The highest BCUT2D eigenvalue weighted by atomic mass is 16.2. The Morgan fingerprint density at radius 2 is 2.00 bits per heavy atom. The van der Waals surface area contributed by atoms with Crippen LogP contribution in [0.3, 0.4) is 0 Å². The van der Waals surface area contributed by atoms with E-state index in [2.05, 4.69) is 30.6 Å². The van der Waals surface area contributed by atoms with E-state index < -0.39 is 11.1 Å². The van der Waals surface area contributed by atoms with Crippen LogP contribution in [-0.2, 0) is 19.3 Å². The number of rotatable bonds is 3. The molecular weight excluding hydrogens is 284 g/mol. The van der Waals surface area contributed by atoms with Crippen LogP contribution >= 0.6 is 0 Å². The van der Waals surface area contributed by atoms with E-state index in [0.717, 1.165) is 42.6 Å². The lowest BCUT2D eigenvalue weighted by atomic mass is 10.00. The molecule has 1 unspecified atom stereocenters. The summed E-state index contributed by atoms with van der Waals surface area (Å²) in [6.45, 7) is 0. The van der Waals surface area contributed by atoms with Crippen molar-refractivity contribution in [1.82, 2.24) is 30.6 Å². The maximum atomic E-state index is 11.6. The third-order valence-electron chi connectivity index (χ3n) is 4.28. The third-order valence-corrected chi connectivity index (χ3v) is 4.28. The van der Waals surface area contributed by atoms with Crippen LogP contribution in [0, 0.1) is 5.92 Å². The smallest absolute Gasteiger partial charge is 0.314 e. The van der Waals surface area contributed by atoms with Gasteiger partial charge in [-0.3, -0.25) is 9.59 Å². The number of hydrogen-bond acceptors (Lipinski definition) is 5. The fourth-order valence-corrected chi connectivity index (χ4v) is 3.21. The maximum Gasteiger partial charge on any atom is 0.314 e. The van der Waals surface area contributed by atoms with Gasteiger partial charge in [0.2, 0.25) is 0 Å². The number of H-pyrrole nitrogens is 3. The molecule has 1 atom stereocenters. The van der Waals surface area contributed by atoms with Crippen molar-refractivity contribution in [3.05, 3.63) is 49.8 Å². The van der Waals surface area contributed by atoms with E-state index in [1.807, 2.05) is 12.1 Å². The summed E-state index contributed by atoms with van der Waals surface area (Å²) in [6.07, 6.45) is 3.63. The molecule has 0 bridgehead atoms. The Morgan fingerprint density at radius 1 is 1.14 bits per heavy atom. The van der Waals surface area contributed by atoms with E-state index in [9.17, 15) is 9.59 Å². The lowest BCUT2D eigenvalue weighted by Gasteiger charge is -2.06. The molecule has 1 aliphatic rings. The van der Waals surface area contributed by atoms with Crippen LogP contribution in [0.25, 0.3) is 11.0 Å². The molecule has 0 saturated carbocycles. The van der Waals surface area contributed by atoms with E-state index in [4.69, 9.17) is 0 Å². The van der Waals surface area contributed by atoms with Crippen LogP contribution in [-0.4, -0.2) is 30.6 Å². The van der Waals surface area contributed by atoms with Gasteiger partial charge in [-0.2, -0.15) is 0 Å². The van der Waals surface area contributed by atoms with Crippen molar-refractivity contribution < 1.29 is 0 Å². The normalized spacial score (nSPS) is 17.0. The van der Waals surface area contributed by atoms with Crippen LogP contribution < -0.4 is 11.1 Å². The zero-order valence-corrected chi connectivity index (χ0v) is 11.7. The predicted molar refractivity (Wildman–Crippen MR) is 78.6 cm³/mol. The number of nitrogens with zero attached hydrogens (tertiary/aromatic N) is 3. The molecule has 8 heteroatoms. The SMILES string of the molecule is O=c1[nH]c2ccc3c(c2[nH]c1=O)CC(CCc1nnn[nH]1)C3. The minimum absolute atomic E-state index is 0.487. The topological polar surface area (TPSA) is 120 Å². The molecule has 112 valence electrons. The predicted octanol–water partition coefficient (Wildman–Crippen LogP) is 0.0771. The molecule has 0 amide bonds. The first-order valence-electron chi connectivity index (χ1n) is 7.20. The maximum absolute atomic E-state index is 11.6. The van der Waals surface area contributed by atoms with E-state index in [1.165, 1.54) is 5.56 Å². The molecule has 3 aromatic rings. The molecule has 4 rings (SSSR count). The zero-order chi connectivity index (χ0) is 15.1. The zero-order valence-electron chi connectivity index (χ0n) is 11.7. The van der Waals surface area contributed by atoms with E-state index in [1.54, 1.807) is 0 Å². The van der Waals surface area contributed by atoms with Gasteiger partial charge in [0.15, 0.2) is 0 Å². The van der Waals surface area contributed by atoms with Crippen molar-refractivity contribution in [3.8, 4) is 0 Å². The van der Waals surface area contributed by atoms with Gasteiger partial charge in [0.1, 0.15) is 5.82 Å². The number of nitrogens with one attached hydrogen (secondary N) is 3. The minimum Gasteiger partial charge on any atom is -0.316 e. The van der Waals surface area contributed by atoms with Gasteiger partial charge in [-0.1, -0.05) is 6.07 Å². The average Bonchev–Trinajstić information content (AvgIpc) is 3.15. The molecule has 0 saturated heterocycles. The number of benzene rings is 1. The molecule has 0 radical (unpaired) electrons. The Morgan fingerprint density at radius 3 is 2.82 bits per heavy atom. The summed E-state index contributed by atoms with van der Waals surface area (Å²) in [6, 6.07) is 3.89. The summed E-state index contributed by atoms with van der Waals surface area (Å²) in [4.78, 5) is 28.3. The van der Waals surface area contributed by atoms with Gasteiger partial charge in [-0.15, -0.1) is 5.10 Å². The summed E-state index contributed by atoms with van der Waals surface area (Å²) < 4.78 is 0. The van der Waals surface area contributed by atoms with E-state index >= 15 is 0 Å². The van der Waals surface area contributed by atoms with Crippen molar-refractivity contribution >= 4 is 11.0 Å². The first-order chi connectivity index (χ1) is 10.7. The Balaban J connectivity index is 1.63. The van der Waals surface area contributed by atoms with Gasteiger partial charge in [0.25, 0.3) is 0 Å². The standard InChI is InChI=1S/C14H14N6O2/c21-13-14(22)16-12-9-6-7(1-4-11-17-19-20-18-11)5-8(9)2-3-10(12)15-13/h2-3,7H,1,4-6H2,(H,15,21)(H,16,22)(H,17,18,19,20). The van der Waals surface area contributed by atoms with Gasteiger partial charge < -0.3 is 9.97 Å². The Hall–Kier alpha value is -2.77.